The van der Waals surface area contributed by atoms with E-state index in [-0.39, 0.29) is 11.9 Å². The smallest absolute Gasteiger partial charge is 0.317 e. The number of fused-ring (bicyclic) bond motifs is 7. The van der Waals surface area contributed by atoms with E-state index in [1.54, 1.807) is 0 Å². The van der Waals surface area contributed by atoms with Crippen LogP contribution in [-0.4, -0.2) is 41.6 Å². The molecular weight excluding hydrogens is 456 g/mol. The second-order valence-electron chi connectivity index (χ2n) is 14.1. The molecule has 0 amide bonds. The number of carboxylic acid groups (broad SMARTS) is 1. The fraction of sp³-hybridized carbons (Fsp3) is 0.933. The van der Waals surface area contributed by atoms with E-state index in [4.69, 9.17) is 19.3 Å². The van der Waals surface area contributed by atoms with Crippen molar-refractivity contribution in [2.24, 2.45) is 52.3 Å². The van der Waals surface area contributed by atoms with E-state index in [1.165, 1.54) is 38.5 Å². The van der Waals surface area contributed by atoms with Gasteiger partial charge in [-0.1, -0.05) is 27.7 Å². The van der Waals surface area contributed by atoms with Crippen LogP contribution in [0.1, 0.15) is 98.3 Å². The molecule has 4 saturated carbocycles. The molecule has 2 saturated heterocycles. The first-order chi connectivity index (χ1) is 17.1. The number of hydrogen-bond donors (Lipinski definition) is 1. The lowest BCUT2D eigenvalue weighted by molar-refractivity contribution is -0.273. The second kappa shape index (κ2) is 8.69. The van der Waals surface area contributed by atoms with Crippen LogP contribution >= 0.6 is 0 Å². The van der Waals surface area contributed by atoms with Gasteiger partial charge in [-0.25, -0.2) is 0 Å². The van der Waals surface area contributed by atoms with E-state index in [1.807, 2.05) is 0 Å². The number of ether oxygens (including phenoxy) is 3. The van der Waals surface area contributed by atoms with Gasteiger partial charge in [-0.3, -0.25) is 9.59 Å². The molecule has 1 spiro atoms. The van der Waals surface area contributed by atoms with Crippen molar-refractivity contribution in [3.8, 4) is 0 Å². The molecule has 12 atom stereocenters. The molecule has 0 radical (unpaired) electrons. The minimum atomic E-state index is -1.11. The van der Waals surface area contributed by atoms with Crippen molar-refractivity contribution in [3.05, 3.63) is 0 Å². The summed E-state index contributed by atoms with van der Waals surface area (Å²) >= 11 is 0. The van der Waals surface area contributed by atoms with E-state index in [0.717, 1.165) is 50.0 Å². The van der Waals surface area contributed by atoms with Gasteiger partial charge in [0.2, 0.25) is 0 Å². The number of carbonyl (C=O) groups is 2. The van der Waals surface area contributed by atoms with Gasteiger partial charge < -0.3 is 19.3 Å². The van der Waals surface area contributed by atoms with Crippen LogP contribution in [0.2, 0.25) is 0 Å². The zero-order valence-corrected chi connectivity index (χ0v) is 22.7. The molecule has 6 unspecified atom stereocenters. The minimum absolute atomic E-state index is 0.116. The lowest BCUT2D eigenvalue weighted by atomic mass is 9.44. The molecule has 0 aromatic heterocycles. The third-order valence-corrected chi connectivity index (χ3v) is 12.5. The highest BCUT2D eigenvalue weighted by Crippen LogP contribution is 2.71. The van der Waals surface area contributed by atoms with Gasteiger partial charge in [-0.15, -0.1) is 0 Å². The molecular formula is C30H46O6. The van der Waals surface area contributed by atoms with Crippen LogP contribution in [0.4, 0.5) is 0 Å². The molecule has 202 valence electrons. The lowest BCUT2D eigenvalue weighted by Crippen LogP contribution is -2.55. The van der Waals surface area contributed by atoms with Gasteiger partial charge >= 0.3 is 11.9 Å². The van der Waals surface area contributed by atoms with Gasteiger partial charge in [-0.2, -0.15) is 0 Å². The number of rotatable bonds is 3. The second-order valence-corrected chi connectivity index (χ2v) is 14.1. The summed E-state index contributed by atoms with van der Waals surface area (Å²) in [5, 5.41) is 8.91. The van der Waals surface area contributed by atoms with Gasteiger partial charge in [0.15, 0.2) is 5.79 Å². The minimum Gasteiger partial charge on any atom is -0.481 e. The molecule has 4 aliphatic carbocycles. The van der Waals surface area contributed by atoms with Crippen molar-refractivity contribution >= 4 is 11.9 Å². The summed E-state index contributed by atoms with van der Waals surface area (Å²) in [6, 6.07) is 0. The summed E-state index contributed by atoms with van der Waals surface area (Å²) in [4.78, 5) is 22.9. The summed E-state index contributed by atoms with van der Waals surface area (Å²) in [7, 11) is 0. The van der Waals surface area contributed by atoms with Gasteiger partial charge in [0.1, 0.15) is 12.5 Å². The Morgan fingerprint density at radius 2 is 1.72 bits per heavy atom. The number of esters is 1. The van der Waals surface area contributed by atoms with Gasteiger partial charge in [0.05, 0.1) is 12.7 Å². The van der Waals surface area contributed by atoms with Crippen molar-refractivity contribution in [2.75, 3.05) is 6.61 Å². The van der Waals surface area contributed by atoms with Gasteiger partial charge in [0, 0.05) is 12.3 Å². The SMILES string of the molecule is C[C@H]1CC[C@@]2(OC1)OC1CC3C4CCC5C[C@@H](OC(=O)CC(=O)O)CC[C@]5(C)C4CC[C@]3(C)C1[C@@H]2C. The third kappa shape index (κ3) is 3.71. The predicted molar refractivity (Wildman–Crippen MR) is 134 cm³/mol. The Labute approximate surface area is 216 Å². The van der Waals surface area contributed by atoms with Crippen LogP contribution < -0.4 is 0 Å². The van der Waals surface area contributed by atoms with E-state index < -0.39 is 18.4 Å². The summed E-state index contributed by atoms with van der Waals surface area (Å²) < 4.78 is 19.0. The number of carboxylic acids is 1. The molecule has 1 N–H and O–H groups in total. The Morgan fingerprint density at radius 1 is 0.944 bits per heavy atom. The van der Waals surface area contributed by atoms with E-state index in [9.17, 15) is 9.59 Å². The molecule has 0 aromatic carbocycles. The molecule has 2 aliphatic heterocycles. The Bertz CT molecular complexity index is 894. The maximum atomic E-state index is 12.0. The maximum Gasteiger partial charge on any atom is 0.317 e. The van der Waals surface area contributed by atoms with Crippen molar-refractivity contribution in [2.45, 2.75) is 116 Å². The molecule has 6 aliphatic rings. The first-order valence-electron chi connectivity index (χ1n) is 14.8. The van der Waals surface area contributed by atoms with Crippen molar-refractivity contribution in [1.82, 2.24) is 0 Å². The number of aliphatic carboxylic acids is 1. The van der Waals surface area contributed by atoms with Gasteiger partial charge in [-0.05, 0) is 104 Å². The molecule has 0 aromatic rings. The molecule has 6 rings (SSSR count). The Morgan fingerprint density at radius 3 is 2.44 bits per heavy atom. The maximum absolute atomic E-state index is 12.0. The molecule has 6 fully saturated rings. The van der Waals surface area contributed by atoms with Crippen LogP contribution in [0, 0.1) is 52.3 Å². The normalized spacial score (nSPS) is 53.7. The van der Waals surface area contributed by atoms with E-state index >= 15 is 0 Å². The highest BCUT2D eigenvalue weighted by Gasteiger charge is 2.69. The quantitative estimate of drug-likeness (QED) is 0.387. The standard InChI is InChI=1S/C30H46O6/c1-17-7-12-30(34-16-17)18(2)27-24(36-30)14-23-21-6-5-19-13-20(35-26(33)15-25(31)32)8-10-28(19,3)22(21)9-11-29(23,27)4/h17-24,27H,5-16H2,1-4H3,(H,31,32)/t17-,18-,19?,20-,21?,22?,23?,24?,27?,28-,29-,30+/m0/s1. The first-order valence-corrected chi connectivity index (χ1v) is 14.8. The number of hydrogen-bond acceptors (Lipinski definition) is 5. The lowest BCUT2D eigenvalue weighted by Gasteiger charge is -2.61. The van der Waals surface area contributed by atoms with Crippen LogP contribution in [0.5, 0.6) is 0 Å². The highest BCUT2D eigenvalue weighted by atomic mass is 16.7. The molecule has 0 bridgehead atoms. The molecule has 6 heteroatoms. The fourth-order valence-electron chi connectivity index (χ4n) is 10.7. The first kappa shape index (κ1) is 25.2. The zero-order valence-electron chi connectivity index (χ0n) is 22.7. The summed E-state index contributed by atoms with van der Waals surface area (Å²) in [5.41, 5.74) is 0.641. The summed E-state index contributed by atoms with van der Waals surface area (Å²) in [6.45, 7) is 10.7. The van der Waals surface area contributed by atoms with Crippen LogP contribution in [0.3, 0.4) is 0 Å². The average Bonchev–Trinajstić information content (AvgIpc) is 3.26. The van der Waals surface area contributed by atoms with E-state index in [0.29, 0.717) is 40.6 Å². The average molecular weight is 503 g/mol. The van der Waals surface area contributed by atoms with Crippen molar-refractivity contribution in [3.63, 3.8) is 0 Å². The molecule has 6 nitrogen and oxygen atoms in total. The molecule has 36 heavy (non-hydrogen) atoms. The van der Waals surface area contributed by atoms with Crippen LogP contribution in [0.15, 0.2) is 0 Å². The molecule has 2 heterocycles. The fourth-order valence-corrected chi connectivity index (χ4v) is 10.7. The topological polar surface area (TPSA) is 82.1 Å². The highest BCUT2D eigenvalue weighted by molar-refractivity contribution is 5.90. The summed E-state index contributed by atoms with van der Waals surface area (Å²) in [6.07, 6.45) is 11.1. The zero-order chi connectivity index (χ0) is 25.5. The van der Waals surface area contributed by atoms with Crippen LogP contribution in [-0.2, 0) is 23.8 Å². The van der Waals surface area contributed by atoms with Gasteiger partial charge in [0.25, 0.3) is 0 Å². The van der Waals surface area contributed by atoms with Crippen molar-refractivity contribution < 1.29 is 28.9 Å². The third-order valence-electron chi connectivity index (χ3n) is 12.5. The Balaban J connectivity index is 1.16. The number of carbonyl (C=O) groups excluding carboxylic acids is 1. The largest absolute Gasteiger partial charge is 0.481 e. The monoisotopic (exact) mass is 502 g/mol. The van der Waals surface area contributed by atoms with Crippen LogP contribution in [0.25, 0.3) is 0 Å². The Kier molecular flexibility index (Phi) is 6.07. The van der Waals surface area contributed by atoms with Crippen molar-refractivity contribution in [1.29, 1.82) is 0 Å². The predicted octanol–water partition coefficient (Wildman–Crippen LogP) is 5.82. The summed E-state index contributed by atoms with van der Waals surface area (Å²) in [5.74, 6) is 2.47. The Hall–Kier alpha value is -1.14. The van der Waals surface area contributed by atoms with E-state index in [2.05, 4.69) is 27.7 Å².